The molecule has 8 atom stereocenters. The molecule has 0 radical (unpaired) electrons. The summed E-state index contributed by atoms with van der Waals surface area (Å²) in [5.41, 5.74) is 0.369. The lowest BCUT2D eigenvalue weighted by Gasteiger charge is -2.36. The van der Waals surface area contributed by atoms with Crippen molar-refractivity contribution in [1.29, 1.82) is 0 Å². The molecule has 16 nitrogen and oxygen atoms in total. The summed E-state index contributed by atoms with van der Waals surface area (Å²) in [6.45, 7) is 3.97. The molecular formula is C38H46F2IN7O9. The Morgan fingerprint density at radius 1 is 0.982 bits per heavy atom. The first-order valence-electron chi connectivity index (χ1n) is 18.5. The van der Waals surface area contributed by atoms with Gasteiger partial charge < -0.3 is 45.8 Å². The second-order valence-corrected chi connectivity index (χ2v) is 16.0. The molecule has 0 bridgehead atoms. The molecule has 2 aromatic rings. The van der Waals surface area contributed by atoms with Crippen molar-refractivity contribution in [3.05, 3.63) is 63.2 Å². The zero-order chi connectivity index (χ0) is 41.7. The number of hydrogen-bond donors (Lipinski definition) is 5. The molecule has 3 aliphatic heterocycles. The molecule has 0 aromatic heterocycles. The number of esters is 1. The van der Waals surface area contributed by atoms with Crippen LogP contribution >= 0.6 is 22.6 Å². The molecule has 3 saturated heterocycles. The molecule has 57 heavy (non-hydrogen) atoms. The molecule has 0 aliphatic carbocycles. The van der Waals surface area contributed by atoms with Gasteiger partial charge in [0.1, 0.15) is 54.5 Å². The van der Waals surface area contributed by atoms with Gasteiger partial charge in [0.2, 0.25) is 29.5 Å². The highest BCUT2D eigenvalue weighted by Gasteiger charge is 2.45. The highest BCUT2D eigenvalue weighted by atomic mass is 127. The van der Waals surface area contributed by atoms with Crippen molar-refractivity contribution >= 4 is 69.8 Å². The SMILES string of the molecule is C[C@@H]1C[C@H]2C(=O)OC[C@H](NC(=O)[C@H](Cc3cc(F)cc(F)c3)NC(=O)Nc3ccc(I)cc3)C(=O)N3CCC[C@H]3C(=O)N(C)C([C@@H](C)O)C(=O)N[C@@H](C)C(=O)N2C1. The molecular weight excluding hydrogens is 863 g/mol. The summed E-state index contributed by atoms with van der Waals surface area (Å²) in [6.07, 6.45) is -1.14. The van der Waals surface area contributed by atoms with Gasteiger partial charge >= 0.3 is 12.0 Å². The van der Waals surface area contributed by atoms with E-state index in [-0.39, 0.29) is 37.4 Å². The van der Waals surface area contributed by atoms with E-state index in [1.165, 1.54) is 30.7 Å². The van der Waals surface area contributed by atoms with Crippen molar-refractivity contribution in [3.63, 3.8) is 0 Å². The van der Waals surface area contributed by atoms with E-state index in [0.717, 1.165) is 20.6 Å². The highest BCUT2D eigenvalue weighted by molar-refractivity contribution is 14.1. The molecule has 0 spiro atoms. The fourth-order valence-corrected chi connectivity index (χ4v) is 7.80. The van der Waals surface area contributed by atoms with E-state index in [2.05, 4.69) is 43.9 Å². The third-order valence-electron chi connectivity index (χ3n) is 10.2. The van der Waals surface area contributed by atoms with Crippen molar-refractivity contribution in [2.45, 2.75) is 88.8 Å². The van der Waals surface area contributed by atoms with Crippen LogP contribution in [0.3, 0.4) is 0 Å². The summed E-state index contributed by atoms with van der Waals surface area (Å²) < 4.78 is 35.0. The number of benzene rings is 2. The van der Waals surface area contributed by atoms with Crippen LogP contribution in [0, 0.1) is 21.1 Å². The van der Waals surface area contributed by atoms with Gasteiger partial charge in [-0.25, -0.2) is 18.4 Å². The number of halogens is 3. The van der Waals surface area contributed by atoms with Crippen LogP contribution < -0.4 is 21.3 Å². The first-order valence-corrected chi connectivity index (χ1v) is 19.6. The average Bonchev–Trinajstić information content (AvgIpc) is 3.79. The van der Waals surface area contributed by atoms with Crippen LogP contribution in [0.2, 0.25) is 0 Å². The number of nitrogens with one attached hydrogen (secondary N) is 4. The van der Waals surface area contributed by atoms with Crippen molar-refractivity contribution in [2.24, 2.45) is 5.92 Å². The number of carbonyl (C=O) groups is 7. The normalized spacial score (nSPS) is 25.9. The molecule has 3 fully saturated rings. The van der Waals surface area contributed by atoms with Crippen LogP contribution in [0.15, 0.2) is 42.5 Å². The molecule has 7 amide bonds. The minimum atomic E-state index is -1.65. The second kappa shape index (κ2) is 18.6. The van der Waals surface area contributed by atoms with Gasteiger partial charge in [-0.3, -0.25) is 24.0 Å². The maximum atomic E-state index is 14.4. The number of rotatable bonds is 7. The number of urea groups is 1. The van der Waals surface area contributed by atoms with Crippen molar-refractivity contribution in [1.82, 2.24) is 30.7 Å². The molecule has 5 N–H and O–H groups in total. The van der Waals surface area contributed by atoms with E-state index in [1.807, 2.05) is 6.92 Å². The summed E-state index contributed by atoms with van der Waals surface area (Å²) in [7, 11) is 1.29. The Hall–Kier alpha value is -4.92. The Morgan fingerprint density at radius 3 is 2.30 bits per heavy atom. The largest absolute Gasteiger partial charge is 0.461 e. The predicted octanol–water partition coefficient (Wildman–Crippen LogP) is 1.28. The van der Waals surface area contributed by atoms with Gasteiger partial charge in [-0.1, -0.05) is 6.92 Å². The number of hydrogen-bond acceptors (Lipinski definition) is 9. The van der Waals surface area contributed by atoms with Gasteiger partial charge in [0.25, 0.3) is 0 Å². The zero-order valence-electron chi connectivity index (χ0n) is 31.8. The van der Waals surface area contributed by atoms with Crippen molar-refractivity contribution in [3.8, 4) is 0 Å². The van der Waals surface area contributed by atoms with Gasteiger partial charge in [-0.05, 0) is 104 Å². The lowest BCUT2D eigenvalue weighted by molar-refractivity contribution is -0.158. The number of nitrogens with zero attached hydrogens (tertiary/aromatic N) is 3. The second-order valence-electron chi connectivity index (χ2n) is 14.7. The monoisotopic (exact) mass is 909 g/mol. The summed E-state index contributed by atoms with van der Waals surface area (Å²) in [5, 5.41) is 20.8. The average molecular weight is 910 g/mol. The Balaban J connectivity index is 1.48. The predicted molar refractivity (Wildman–Crippen MR) is 208 cm³/mol. The lowest BCUT2D eigenvalue weighted by atomic mass is 10.0. The van der Waals surface area contributed by atoms with Crippen molar-refractivity contribution < 1.29 is 52.2 Å². The number of fused-ring (bicyclic) bond motifs is 2. The molecule has 19 heteroatoms. The number of ether oxygens (including phenoxy) is 1. The maximum Gasteiger partial charge on any atom is 0.328 e. The number of cyclic esters (lactones) is 1. The van der Waals surface area contributed by atoms with Gasteiger partial charge in [0.05, 0.1) is 6.10 Å². The number of aliphatic hydroxyl groups excluding tert-OH is 1. The Kier molecular flexibility index (Phi) is 14.1. The quantitative estimate of drug-likeness (QED) is 0.200. The van der Waals surface area contributed by atoms with Gasteiger partial charge in [0, 0.05) is 41.9 Å². The third kappa shape index (κ3) is 10.5. The highest BCUT2D eigenvalue weighted by Crippen LogP contribution is 2.26. The molecule has 3 aliphatic rings. The Morgan fingerprint density at radius 2 is 1.65 bits per heavy atom. The fourth-order valence-electron chi connectivity index (χ4n) is 7.44. The molecule has 308 valence electrons. The van der Waals surface area contributed by atoms with Crippen LogP contribution in [0.25, 0.3) is 0 Å². The Labute approximate surface area is 341 Å². The topological polar surface area (TPSA) is 207 Å². The standard InChI is InChI=1S/C38H46F2IN7O9/c1-19-12-30-37(55)57-18-28(44-32(50)27(15-22-13-23(39)16-24(40)14-22)45-38(56)43-26-9-7-25(41)8-10-26)35(53)47-11-5-6-29(47)36(54)46(4)31(21(3)49)33(51)42-20(2)34(52)48(30)17-19/h7-10,13-14,16,19-21,27-31,49H,5-6,11-12,15,17-18H2,1-4H3,(H,42,51)(H,44,50)(H2,43,45,56)/t19-,20+,21-,27+,28+,29+,30+,31?/m1/s1. The Bertz CT molecular complexity index is 1870. The van der Waals surface area contributed by atoms with E-state index in [9.17, 15) is 47.4 Å². The summed E-state index contributed by atoms with van der Waals surface area (Å²) in [5.74, 6) is -6.89. The molecule has 5 rings (SSSR count). The lowest BCUT2D eigenvalue weighted by Crippen LogP contribution is -2.62. The van der Waals surface area contributed by atoms with E-state index < -0.39 is 109 Å². The van der Waals surface area contributed by atoms with Crippen LogP contribution in [0.5, 0.6) is 0 Å². The number of anilines is 1. The number of amides is 7. The minimum absolute atomic E-state index is 0.00255. The molecule has 0 saturated carbocycles. The van der Waals surface area contributed by atoms with Crippen LogP contribution in [-0.2, 0) is 39.9 Å². The summed E-state index contributed by atoms with van der Waals surface area (Å²) >= 11 is 2.08. The number of carbonyl (C=O) groups excluding carboxylic acids is 7. The van der Waals surface area contributed by atoms with Crippen molar-refractivity contribution in [2.75, 3.05) is 32.1 Å². The maximum absolute atomic E-state index is 14.4. The molecule has 1 unspecified atom stereocenters. The van der Waals surface area contributed by atoms with E-state index in [1.54, 1.807) is 24.3 Å². The third-order valence-corrected chi connectivity index (χ3v) is 10.9. The molecule has 3 heterocycles. The number of aliphatic hydroxyl groups is 1. The zero-order valence-corrected chi connectivity index (χ0v) is 34.0. The van der Waals surface area contributed by atoms with Crippen LogP contribution in [0.4, 0.5) is 19.3 Å². The van der Waals surface area contributed by atoms with Gasteiger partial charge in [0.15, 0.2) is 0 Å². The smallest absolute Gasteiger partial charge is 0.328 e. The number of likely N-dealkylation sites (N-methyl/N-ethyl adjacent to an activating group) is 1. The van der Waals surface area contributed by atoms with Gasteiger partial charge in [-0.15, -0.1) is 0 Å². The minimum Gasteiger partial charge on any atom is -0.461 e. The fraction of sp³-hybridized carbons (Fsp3) is 0.500. The summed E-state index contributed by atoms with van der Waals surface area (Å²) in [4.78, 5) is 99.9. The van der Waals surface area contributed by atoms with E-state index in [0.29, 0.717) is 18.2 Å². The van der Waals surface area contributed by atoms with E-state index in [4.69, 9.17) is 4.74 Å². The first-order chi connectivity index (χ1) is 26.9. The van der Waals surface area contributed by atoms with Crippen LogP contribution in [0.1, 0.15) is 45.6 Å². The first kappa shape index (κ1) is 43.2. The van der Waals surface area contributed by atoms with Crippen LogP contribution in [-0.4, -0.2) is 130 Å². The van der Waals surface area contributed by atoms with Gasteiger partial charge in [-0.2, -0.15) is 0 Å². The molecule has 2 aromatic carbocycles. The summed E-state index contributed by atoms with van der Waals surface area (Å²) in [6, 6.07) is 0.356. The van der Waals surface area contributed by atoms with E-state index >= 15 is 0 Å².